The second kappa shape index (κ2) is 6.31. The first-order valence-electron chi connectivity index (χ1n) is 6.51. The van der Waals surface area contributed by atoms with Crippen LogP contribution >= 0.6 is 23.1 Å². The molecule has 0 saturated heterocycles. The summed E-state index contributed by atoms with van der Waals surface area (Å²) in [5, 5.41) is 14.1. The number of aromatic nitrogens is 4. The number of nitrogens with one attached hydrogen (secondary N) is 2. The number of nitrogens with zero attached hydrogens (tertiary/aromatic N) is 3. The summed E-state index contributed by atoms with van der Waals surface area (Å²) in [5.74, 6) is 1.57. The summed E-state index contributed by atoms with van der Waals surface area (Å²) in [5.41, 5.74) is 1.91. The number of fused-ring (bicyclic) bond motifs is 1. The lowest BCUT2D eigenvalue weighted by molar-refractivity contribution is 0.415. The van der Waals surface area contributed by atoms with E-state index in [-0.39, 0.29) is 0 Å². The molecule has 2 aromatic heterocycles. The number of benzene rings is 1. The Morgan fingerprint density at radius 2 is 2.29 bits per heavy atom. The molecule has 0 fully saturated rings. The number of H-pyrrole nitrogens is 1. The molecule has 0 unspecified atom stereocenters. The van der Waals surface area contributed by atoms with Gasteiger partial charge in [0.15, 0.2) is 5.16 Å². The van der Waals surface area contributed by atoms with E-state index in [1.807, 2.05) is 25.1 Å². The van der Waals surface area contributed by atoms with Crippen LogP contribution in [0.1, 0.15) is 11.9 Å². The molecule has 0 aliphatic rings. The number of aromatic amines is 1. The van der Waals surface area contributed by atoms with Crippen molar-refractivity contribution in [1.82, 2.24) is 20.2 Å². The van der Waals surface area contributed by atoms with Gasteiger partial charge in [-0.3, -0.25) is 0 Å². The van der Waals surface area contributed by atoms with E-state index in [2.05, 4.69) is 25.5 Å². The van der Waals surface area contributed by atoms with Gasteiger partial charge in [-0.1, -0.05) is 23.1 Å². The van der Waals surface area contributed by atoms with Gasteiger partial charge in [-0.25, -0.2) is 4.98 Å². The van der Waals surface area contributed by atoms with Crippen LogP contribution in [0.5, 0.6) is 5.75 Å². The second-order valence-electron chi connectivity index (χ2n) is 4.24. The summed E-state index contributed by atoms with van der Waals surface area (Å²) >= 11 is 3.19. The molecular weight excluding hydrogens is 306 g/mol. The Bertz CT molecular complexity index is 739. The quantitative estimate of drug-likeness (QED) is 0.679. The molecule has 0 amide bonds. The SMILES string of the molecule is CCNc1nnc(CSc2nc3ccc(OC)cc3[nH]2)s1. The highest BCUT2D eigenvalue weighted by Gasteiger charge is 2.08. The zero-order valence-electron chi connectivity index (χ0n) is 11.7. The maximum Gasteiger partial charge on any atom is 0.205 e. The Labute approximate surface area is 130 Å². The third-order valence-corrected chi connectivity index (χ3v) is 4.74. The molecule has 3 rings (SSSR count). The molecule has 8 heteroatoms. The summed E-state index contributed by atoms with van der Waals surface area (Å²) in [6, 6.07) is 5.80. The predicted molar refractivity (Wildman–Crippen MR) is 86.3 cm³/mol. The molecule has 0 aliphatic carbocycles. The van der Waals surface area contributed by atoms with Crippen molar-refractivity contribution in [2.75, 3.05) is 19.0 Å². The Kier molecular flexibility index (Phi) is 4.26. The first-order chi connectivity index (χ1) is 10.3. The summed E-state index contributed by atoms with van der Waals surface area (Å²) in [6.45, 7) is 2.89. The third-order valence-electron chi connectivity index (χ3n) is 2.79. The molecule has 0 radical (unpaired) electrons. The lowest BCUT2D eigenvalue weighted by Crippen LogP contribution is -1.94. The van der Waals surface area contributed by atoms with Crippen molar-refractivity contribution in [2.24, 2.45) is 0 Å². The lowest BCUT2D eigenvalue weighted by atomic mass is 10.3. The number of thioether (sulfide) groups is 1. The molecule has 2 N–H and O–H groups in total. The van der Waals surface area contributed by atoms with Crippen molar-refractivity contribution >= 4 is 39.3 Å². The van der Waals surface area contributed by atoms with Gasteiger partial charge in [0.1, 0.15) is 10.8 Å². The molecule has 0 saturated carbocycles. The number of hydrogen-bond acceptors (Lipinski definition) is 7. The zero-order chi connectivity index (χ0) is 14.7. The molecule has 0 aliphatic heterocycles. The molecule has 0 bridgehead atoms. The van der Waals surface area contributed by atoms with E-state index in [0.717, 1.165) is 44.4 Å². The number of anilines is 1. The van der Waals surface area contributed by atoms with Crippen LogP contribution < -0.4 is 10.1 Å². The van der Waals surface area contributed by atoms with Gasteiger partial charge in [0, 0.05) is 12.6 Å². The second-order valence-corrected chi connectivity index (χ2v) is 6.27. The van der Waals surface area contributed by atoms with Gasteiger partial charge in [0.25, 0.3) is 0 Å². The average Bonchev–Trinajstić information content (AvgIpc) is 3.10. The molecule has 1 aromatic carbocycles. The number of rotatable bonds is 6. The minimum atomic E-state index is 0.750. The maximum absolute atomic E-state index is 5.21. The molecule has 110 valence electrons. The van der Waals surface area contributed by atoms with Crippen LogP contribution in [-0.4, -0.2) is 33.8 Å². The number of methoxy groups -OCH3 is 1. The summed E-state index contributed by atoms with van der Waals surface area (Å²) < 4.78 is 5.21. The fraction of sp³-hybridized carbons (Fsp3) is 0.308. The first kappa shape index (κ1) is 14.2. The van der Waals surface area contributed by atoms with Gasteiger partial charge in [-0.05, 0) is 19.1 Å². The molecule has 21 heavy (non-hydrogen) atoms. The van der Waals surface area contributed by atoms with Crippen molar-refractivity contribution in [2.45, 2.75) is 17.8 Å². The lowest BCUT2D eigenvalue weighted by Gasteiger charge is -1.96. The van der Waals surface area contributed by atoms with Gasteiger partial charge >= 0.3 is 0 Å². The standard InChI is InChI=1S/C13H15N5OS2/c1-3-14-12-18-17-11(21-12)7-20-13-15-9-5-4-8(19-2)6-10(9)16-13/h4-6H,3,7H2,1-2H3,(H,14,18)(H,15,16). The topological polar surface area (TPSA) is 75.7 Å². The highest BCUT2D eigenvalue weighted by molar-refractivity contribution is 7.98. The van der Waals surface area contributed by atoms with Crippen LogP contribution in [0.4, 0.5) is 5.13 Å². The van der Waals surface area contributed by atoms with Gasteiger partial charge in [-0.15, -0.1) is 10.2 Å². The van der Waals surface area contributed by atoms with E-state index >= 15 is 0 Å². The minimum absolute atomic E-state index is 0.750. The van der Waals surface area contributed by atoms with Gasteiger partial charge in [-0.2, -0.15) is 0 Å². The van der Waals surface area contributed by atoms with E-state index in [1.54, 1.807) is 30.2 Å². The van der Waals surface area contributed by atoms with E-state index in [1.165, 1.54) is 0 Å². The minimum Gasteiger partial charge on any atom is -0.497 e. The van der Waals surface area contributed by atoms with Crippen LogP contribution in [0, 0.1) is 0 Å². The van der Waals surface area contributed by atoms with E-state index in [9.17, 15) is 0 Å². The monoisotopic (exact) mass is 321 g/mol. The molecule has 3 aromatic rings. The van der Waals surface area contributed by atoms with Crippen molar-refractivity contribution < 1.29 is 4.74 Å². The normalized spacial score (nSPS) is 11.0. The summed E-state index contributed by atoms with van der Waals surface area (Å²) in [4.78, 5) is 7.82. The Morgan fingerprint density at radius 1 is 1.38 bits per heavy atom. The molecule has 0 spiro atoms. The first-order valence-corrected chi connectivity index (χ1v) is 8.31. The maximum atomic E-state index is 5.21. The third kappa shape index (κ3) is 3.27. The van der Waals surface area contributed by atoms with E-state index in [4.69, 9.17) is 4.74 Å². The number of imidazole rings is 1. The molecule has 6 nitrogen and oxygen atoms in total. The molecule has 2 heterocycles. The summed E-state index contributed by atoms with van der Waals surface area (Å²) in [6.07, 6.45) is 0. The van der Waals surface area contributed by atoms with Crippen molar-refractivity contribution in [3.63, 3.8) is 0 Å². The highest BCUT2D eigenvalue weighted by Crippen LogP contribution is 2.27. The van der Waals surface area contributed by atoms with Crippen molar-refractivity contribution in [1.29, 1.82) is 0 Å². The smallest absolute Gasteiger partial charge is 0.205 e. The fourth-order valence-electron chi connectivity index (χ4n) is 1.83. The van der Waals surface area contributed by atoms with E-state index < -0.39 is 0 Å². The highest BCUT2D eigenvalue weighted by atomic mass is 32.2. The fourth-order valence-corrected chi connectivity index (χ4v) is 3.50. The van der Waals surface area contributed by atoms with Crippen LogP contribution in [0.2, 0.25) is 0 Å². The van der Waals surface area contributed by atoms with E-state index in [0.29, 0.717) is 0 Å². The van der Waals surface area contributed by atoms with Crippen LogP contribution in [0.15, 0.2) is 23.4 Å². The predicted octanol–water partition coefficient (Wildman–Crippen LogP) is 3.15. The van der Waals surface area contributed by atoms with Gasteiger partial charge < -0.3 is 15.0 Å². The average molecular weight is 321 g/mol. The number of ether oxygens (including phenoxy) is 1. The molecule has 0 atom stereocenters. The van der Waals surface area contributed by atoms with Crippen molar-refractivity contribution in [3.8, 4) is 5.75 Å². The Morgan fingerprint density at radius 3 is 3.10 bits per heavy atom. The van der Waals surface area contributed by atoms with Gasteiger partial charge in [0.05, 0.1) is 23.9 Å². The van der Waals surface area contributed by atoms with Gasteiger partial charge in [0.2, 0.25) is 5.13 Å². The van der Waals surface area contributed by atoms with Crippen LogP contribution in [-0.2, 0) is 5.75 Å². The largest absolute Gasteiger partial charge is 0.497 e. The zero-order valence-corrected chi connectivity index (χ0v) is 13.3. The Balaban J connectivity index is 1.69. The summed E-state index contributed by atoms with van der Waals surface area (Å²) in [7, 11) is 1.66. The van der Waals surface area contributed by atoms with Crippen molar-refractivity contribution in [3.05, 3.63) is 23.2 Å². The van der Waals surface area contributed by atoms with Crippen LogP contribution in [0.25, 0.3) is 11.0 Å². The number of hydrogen-bond donors (Lipinski definition) is 2. The van der Waals surface area contributed by atoms with Crippen LogP contribution in [0.3, 0.4) is 0 Å². The Hall–Kier alpha value is -1.80. The molecular formula is C13H15N5OS2.